The van der Waals surface area contributed by atoms with Gasteiger partial charge in [0.05, 0.1) is 0 Å². The van der Waals surface area contributed by atoms with Gasteiger partial charge in [-0.25, -0.2) is 0 Å². The average Bonchev–Trinajstić information content (AvgIpc) is 2.54. The Morgan fingerprint density at radius 2 is 1.22 bits per heavy atom. The minimum absolute atomic E-state index is 0.285. The van der Waals surface area contributed by atoms with E-state index in [0.29, 0.717) is 0 Å². The molecule has 0 aliphatic carbocycles. The Hall–Kier alpha value is -0.790. The summed E-state index contributed by atoms with van der Waals surface area (Å²) in [5.74, 6) is -1.19. The van der Waals surface area contributed by atoms with Crippen molar-refractivity contribution in [2.45, 2.75) is 110 Å². The smallest absolute Gasteiger partial charge is 0.0442 e. The number of unbranched alkanes of at least 4 members (excludes halogenated alkanes) is 12. The third-order valence-electron chi connectivity index (χ3n) is 4.55. The molecule has 0 N–H and O–H groups in total. The van der Waals surface area contributed by atoms with Crippen molar-refractivity contribution in [1.82, 2.24) is 0 Å². The number of carboxylic acids is 1. The van der Waals surface area contributed by atoms with E-state index in [0.717, 1.165) is 19.3 Å². The highest BCUT2D eigenvalue weighted by atomic mass is 16.4. The monoisotopic (exact) mass is 323 g/mol. The summed E-state index contributed by atoms with van der Waals surface area (Å²) in [5.41, 5.74) is 0. The Morgan fingerprint density at radius 3 is 1.70 bits per heavy atom. The van der Waals surface area contributed by atoms with Crippen LogP contribution < -0.4 is 5.11 Å². The summed E-state index contributed by atoms with van der Waals surface area (Å²) in [4.78, 5) is 10.6. The first-order valence-electron chi connectivity index (χ1n) is 10.0. The van der Waals surface area contributed by atoms with Crippen LogP contribution in [0.15, 0.2) is 12.2 Å². The van der Waals surface area contributed by atoms with Crippen molar-refractivity contribution in [1.29, 1.82) is 0 Å². The van der Waals surface area contributed by atoms with E-state index in [4.69, 9.17) is 0 Å². The molecular weight excluding hydrogens is 284 g/mol. The second-order valence-corrected chi connectivity index (χ2v) is 6.95. The largest absolute Gasteiger partial charge is 0.550 e. The number of carbonyl (C=O) groups excluding carboxylic acids is 1. The molecule has 136 valence electrons. The molecule has 0 radical (unpaired) electrons. The van der Waals surface area contributed by atoms with Crippen LogP contribution in [0, 0.1) is 5.92 Å². The van der Waals surface area contributed by atoms with Crippen LogP contribution in [0.5, 0.6) is 0 Å². The quantitative estimate of drug-likeness (QED) is 0.251. The molecule has 1 unspecified atom stereocenters. The third kappa shape index (κ3) is 17.4. The van der Waals surface area contributed by atoms with Gasteiger partial charge in [0.15, 0.2) is 0 Å². The van der Waals surface area contributed by atoms with Crippen molar-refractivity contribution >= 4 is 5.97 Å². The average molecular weight is 324 g/mol. The van der Waals surface area contributed by atoms with E-state index in [-0.39, 0.29) is 5.92 Å². The SMILES string of the molecule is CCCCCCCC/C=C/CCCCCCCCC(C)C(=O)[O-]. The summed E-state index contributed by atoms with van der Waals surface area (Å²) < 4.78 is 0. The fourth-order valence-electron chi connectivity index (χ4n) is 2.82. The minimum atomic E-state index is -0.905. The maximum absolute atomic E-state index is 10.6. The molecule has 0 bridgehead atoms. The Kier molecular flexibility index (Phi) is 17.0. The first-order chi connectivity index (χ1) is 11.2. The zero-order valence-corrected chi connectivity index (χ0v) is 15.7. The molecule has 0 aromatic rings. The maximum atomic E-state index is 10.6. The number of carbonyl (C=O) groups is 1. The number of rotatable bonds is 17. The van der Waals surface area contributed by atoms with E-state index >= 15 is 0 Å². The minimum Gasteiger partial charge on any atom is -0.550 e. The topological polar surface area (TPSA) is 40.1 Å². The predicted molar refractivity (Wildman–Crippen MR) is 98.2 cm³/mol. The van der Waals surface area contributed by atoms with Gasteiger partial charge in [0, 0.05) is 5.97 Å². The fourth-order valence-corrected chi connectivity index (χ4v) is 2.82. The van der Waals surface area contributed by atoms with Gasteiger partial charge in [-0.05, 0) is 38.0 Å². The van der Waals surface area contributed by atoms with Crippen LogP contribution in [0.3, 0.4) is 0 Å². The van der Waals surface area contributed by atoms with Crippen molar-refractivity contribution < 1.29 is 9.90 Å². The molecular formula is C21H39O2-. The van der Waals surface area contributed by atoms with Gasteiger partial charge < -0.3 is 9.90 Å². The number of aliphatic carboxylic acids is 1. The van der Waals surface area contributed by atoms with Gasteiger partial charge in [0.25, 0.3) is 0 Å². The summed E-state index contributed by atoms with van der Waals surface area (Å²) in [6.07, 6.45) is 23.5. The van der Waals surface area contributed by atoms with E-state index < -0.39 is 5.97 Å². The Balaban J connectivity index is 3.15. The van der Waals surface area contributed by atoms with Gasteiger partial charge in [-0.15, -0.1) is 0 Å². The van der Waals surface area contributed by atoms with Crippen LogP contribution in [0.25, 0.3) is 0 Å². The highest BCUT2D eigenvalue weighted by Gasteiger charge is 2.01. The van der Waals surface area contributed by atoms with E-state index in [9.17, 15) is 9.90 Å². The van der Waals surface area contributed by atoms with Gasteiger partial charge in [0.2, 0.25) is 0 Å². The summed E-state index contributed by atoms with van der Waals surface area (Å²) in [5, 5.41) is 10.6. The molecule has 0 saturated carbocycles. The second-order valence-electron chi connectivity index (χ2n) is 6.95. The first-order valence-corrected chi connectivity index (χ1v) is 10.0. The van der Waals surface area contributed by atoms with Gasteiger partial charge in [0.1, 0.15) is 0 Å². The van der Waals surface area contributed by atoms with Crippen molar-refractivity contribution in [3.05, 3.63) is 12.2 Å². The van der Waals surface area contributed by atoms with Crippen LogP contribution >= 0.6 is 0 Å². The third-order valence-corrected chi connectivity index (χ3v) is 4.55. The van der Waals surface area contributed by atoms with Crippen molar-refractivity contribution in [3.8, 4) is 0 Å². The first kappa shape index (κ1) is 22.2. The van der Waals surface area contributed by atoms with Crippen molar-refractivity contribution in [2.24, 2.45) is 5.92 Å². The van der Waals surface area contributed by atoms with Gasteiger partial charge in [-0.2, -0.15) is 0 Å². The lowest BCUT2D eigenvalue weighted by Gasteiger charge is -2.11. The summed E-state index contributed by atoms with van der Waals surface area (Å²) in [7, 11) is 0. The molecule has 2 heteroatoms. The van der Waals surface area contributed by atoms with Crippen LogP contribution in [0.4, 0.5) is 0 Å². The van der Waals surface area contributed by atoms with Crippen LogP contribution in [0.2, 0.25) is 0 Å². The summed E-state index contributed by atoms with van der Waals surface area (Å²) in [6, 6.07) is 0. The normalized spacial score (nSPS) is 12.8. The lowest BCUT2D eigenvalue weighted by Crippen LogP contribution is -2.29. The number of allylic oxidation sites excluding steroid dienone is 2. The summed E-state index contributed by atoms with van der Waals surface area (Å²) in [6.45, 7) is 4.01. The van der Waals surface area contributed by atoms with Gasteiger partial charge in [-0.1, -0.05) is 90.2 Å². The molecule has 0 rings (SSSR count). The molecule has 0 aliphatic rings. The van der Waals surface area contributed by atoms with Crippen LogP contribution in [-0.2, 0) is 4.79 Å². The Labute approximate surface area is 144 Å². The standard InChI is InChI=1S/C21H40O2/c1-3-4-5-6-7-8-9-10-11-12-13-14-15-16-17-18-19-20(2)21(22)23/h10-11,20H,3-9,12-19H2,1-2H3,(H,22,23)/p-1/b11-10+. The molecule has 1 atom stereocenters. The molecule has 0 saturated heterocycles. The summed E-state index contributed by atoms with van der Waals surface area (Å²) >= 11 is 0. The Bertz CT molecular complexity index is 284. The van der Waals surface area contributed by atoms with E-state index in [1.807, 2.05) is 0 Å². The van der Waals surface area contributed by atoms with Crippen LogP contribution in [0.1, 0.15) is 110 Å². The van der Waals surface area contributed by atoms with Gasteiger partial charge >= 0.3 is 0 Å². The second kappa shape index (κ2) is 17.6. The molecule has 0 aromatic heterocycles. The highest BCUT2D eigenvalue weighted by Crippen LogP contribution is 2.12. The molecule has 0 spiro atoms. The maximum Gasteiger partial charge on any atom is 0.0442 e. The number of carboxylic acid groups (broad SMARTS) is 1. The van der Waals surface area contributed by atoms with E-state index in [2.05, 4.69) is 19.1 Å². The Morgan fingerprint density at radius 1 is 0.783 bits per heavy atom. The zero-order valence-electron chi connectivity index (χ0n) is 15.7. The molecule has 0 aromatic carbocycles. The number of hydrogen-bond acceptors (Lipinski definition) is 2. The number of hydrogen-bond donors (Lipinski definition) is 0. The zero-order chi connectivity index (χ0) is 17.2. The molecule has 23 heavy (non-hydrogen) atoms. The lowest BCUT2D eigenvalue weighted by molar-refractivity contribution is -0.311. The highest BCUT2D eigenvalue weighted by molar-refractivity contribution is 5.66. The molecule has 0 amide bonds. The van der Waals surface area contributed by atoms with Crippen LogP contribution in [-0.4, -0.2) is 5.97 Å². The van der Waals surface area contributed by atoms with E-state index in [1.54, 1.807) is 6.92 Å². The molecule has 0 aliphatic heterocycles. The van der Waals surface area contributed by atoms with Crippen molar-refractivity contribution in [2.75, 3.05) is 0 Å². The molecule has 0 heterocycles. The fraction of sp³-hybridized carbons (Fsp3) is 0.857. The van der Waals surface area contributed by atoms with Gasteiger partial charge in [-0.3, -0.25) is 0 Å². The lowest BCUT2D eigenvalue weighted by atomic mass is 10.0. The predicted octanol–water partition coefficient (Wildman–Crippen LogP) is 5.80. The van der Waals surface area contributed by atoms with Crippen molar-refractivity contribution in [3.63, 3.8) is 0 Å². The van der Waals surface area contributed by atoms with E-state index in [1.165, 1.54) is 77.0 Å². The molecule has 0 fully saturated rings. The molecule has 2 nitrogen and oxygen atoms in total.